The van der Waals surface area contributed by atoms with E-state index >= 15 is 0 Å². The average Bonchev–Trinajstić information content (AvgIpc) is 2.31. The van der Waals surface area contributed by atoms with Crippen LogP contribution in [0.3, 0.4) is 0 Å². The number of ether oxygens (including phenoxy) is 1. The lowest BCUT2D eigenvalue weighted by molar-refractivity contribution is 0.0660. The van der Waals surface area contributed by atoms with Gasteiger partial charge in [0.15, 0.2) is 0 Å². The van der Waals surface area contributed by atoms with Gasteiger partial charge in [0.25, 0.3) is 0 Å². The Morgan fingerprint density at radius 2 is 2.06 bits per heavy atom. The van der Waals surface area contributed by atoms with Crippen LogP contribution in [0.2, 0.25) is 0 Å². The third-order valence-electron chi connectivity index (χ3n) is 3.42. The molecule has 0 radical (unpaired) electrons. The molecular formula is C13H26ClNO. The molecule has 96 valence electrons. The Labute approximate surface area is 105 Å². The predicted molar refractivity (Wildman–Crippen MR) is 70.1 cm³/mol. The van der Waals surface area contributed by atoms with Crippen LogP contribution in [0.4, 0.5) is 0 Å². The van der Waals surface area contributed by atoms with Crippen LogP contribution in [0.5, 0.6) is 0 Å². The van der Waals surface area contributed by atoms with Crippen molar-refractivity contribution in [1.29, 1.82) is 0 Å². The molecule has 1 atom stereocenters. The van der Waals surface area contributed by atoms with Crippen molar-refractivity contribution in [2.24, 2.45) is 11.8 Å². The highest BCUT2D eigenvalue weighted by Gasteiger charge is 2.14. The largest absolute Gasteiger partial charge is 0.381 e. The number of nitrogens with one attached hydrogen (secondary N) is 1. The first-order chi connectivity index (χ1) is 7.86. The smallest absolute Gasteiger partial charge is 0.0469 e. The summed E-state index contributed by atoms with van der Waals surface area (Å²) in [5.41, 5.74) is 0. The predicted octanol–water partition coefficient (Wildman–Crippen LogP) is 3.05. The van der Waals surface area contributed by atoms with Gasteiger partial charge in [0.05, 0.1) is 0 Å². The molecule has 0 aromatic heterocycles. The normalized spacial score (nSPS) is 19.9. The lowest BCUT2D eigenvalue weighted by atomic mass is 9.98. The van der Waals surface area contributed by atoms with E-state index in [4.69, 9.17) is 16.3 Å². The van der Waals surface area contributed by atoms with Gasteiger partial charge < -0.3 is 10.1 Å². The van der Waals surface area contributed by atoms with Crippen LogP contribution < -0.4 is 5.32 Å². The minimum Gasteiger partial charge on any atom is -0.381 e. The van der Waals surface area contributed by atoms with Gasteiger partial charge in [0, 0.05) is 19.1 Å². The zero-order valence-corrected chi connectivity index (χ0v) is 11.3. The Morgan fingerprint density at radius 1 is 1.31 bits per heavy atom. The molecule has 0 amide bonds. The van der Waals surface area contributed by atoms with Gasteiger partial charge in [-0.1, -0.05) is 13.3 Å². The van der Waals surface area contributed by atoms with Gasteiger partial charge in [0.1, 0.15) is 0 Å². The van der Waals surface area contributed by atoms with Crippen molar-refractivity contribution in [2.45, 2.75) is 39.0 Å². The van der Waals surface area contributed by atoms with E-state index < -0.39 is 0 Å². The van der Waals surface area contributed by atoms with E-state index in [-0.39, 0.29) is 0 Å². The average molecular weight is 248 g/mol. The second-order valence-corrected chi connectivity index (χ2v) is 5.22. The Balaban J connectivity index is 2.06. The first-order valence-electron chi connectivity index (χ1n) is 6.71. The topological polar surface area (TPSA) is 21.3 Å². The van der Waals surface area contributed by atoms with Crippen molar-refractivity contribution in [3.8, 4) is 0 Å². The molecule has 1 aliphatic heterocycles. The van der Waals surface area contributed by atoms with Crippen molar-refractivity contribution >= 4 is 11.6 Å². The fraction of sp³-hybridized carbons (Fsp3) is 1.00. The lowest BCUT2D eigenvalue weighted by Crippen LogP contribution is -2.31. The monoisotopic (exact) mass is 247 g/mol. The van der Waals surface area contributed by atoms with Gasteiger partial charge in [-0.3, -0.25) is 0 Å². The van der Waals surface area contributed by atoms with Crippen LogP contribution in [-0.2, 0) is 4.74 Å². The molecule has 0 bridgehead atoms. The summed E-state index contributed by atoms with van der Waals surface area (Å²) in [5.74, 6) is 2.39. The molecule has 3 heteroatoms. The summed E-state index contributed by atoms with van der Waals surface area (Å²) in [7, 11) is 0. The molecule has 1 saturated heterocycles. The SMILES string of the molecule is CCCC(CCCl)CNCC1CCOCC1. The third kappa shape index (κ3) is 6.07. The van der Waals surface area contributed by atoms with Crippen molar-refractivity contribution in [1.82, 2.24) is 5.32 Å². The van der Waals surface area contributed by atoms with Crippen LogP contribution >= 0.6 is 11.6 Å². The second kappa shape index (κ2) is 9.26. The van der Waals surface area contributed by atoms with Crippen LogP contribution in [0.15, 0.2) is 0 Å². The van der Waals surface area contributed by atoms with Crippen molar-refractivity contribution < 1.29 is 4.74 Å². The van der Waals surface area contributed by atoms with E-state index in [1.54, 1.807) is 0 Å². The second-order valence-electron chi connectivity index (χ2n) is 4.85. The number of hydrogen-bond acceptors (Lipinski definition) is 2. The minimum absolute atomic E-state index is 0.766. The number of halogens is 1. The van der Waals surface area contributed by atoms with Gasteiger partial charge in [0.2, 0.25) is 0 Å². The summed E-state index contributed by atoms with van der Waals surface area (Å²) in [5, 5.41) is 3.61. The van der Waals surface area contributed by atoms with Crippen molar-refractivity contribution in [3.05, 3.63) is 0 Å². The summed E-state index contributed by atoms with van der Waals surface area (Å²) in [4.78, 5) is 0. The fourth-order valence-electron chi connectivity index (χ4n) is 2.35. The van der Waals surface area contributed by atoms with E-state index in [0.717, 1.165) is 50.4 Å². The summed E-state index contributed by atoms with van der Waals surface area (Å²) in [6.07, 6.45) is 6.16. The first-order valence-corrected chi connectivity index (χ1v) is 7.24. The number of rotatable bonds is 8. The van der Waals surface area contributed by atoms with E-state index in [0.29, 0.717) is 0 Å². The number of alkyl halides is 1. The molecule has 1 aliphatic rings. The maximum Gasteiger partial charge on any atom is 0.0469 e. The maximum absolute atomic E-state index is 5.82. The molecule has 1 N–H and O–H groups in total. The molecule has 0 aliphatic carbocycles. The molecule has 16 heavy (non-hydrogen) atoms. The fourth-order valence-corrected chi connectivity index (χ4v) is 2.66. The number of hydrogen-bond donors (Lipinski definition) is 1. The molecule has 2 nitrogen and oxygen atoms in total. The molecule has 0 saturated carbocycles. The molecule has 0 aromatic carbocycles. The van der Waals surface area contributed by atoms with Gasteiger partial charge >= 0.3 is 0 Å². The molecule has 0 spiro atoms. The van der Waals surface area contributed by atoms with E-state index in [2.05, 4.69) is 12.2 Å². The first kappa shape index (κ1) is 14.3. The molecule has 1 fully saturated rings. The van der Waals surface area contributed by atoms with Crippen molar-refractivity contribution in [3.63, 3.8) is 0 Å². The van der Waals surface area contributed by atoms with Crippen LogP contribution in [-0.4, -0.2) is 32.2 Å². The van der Waals surface area contributed by atoms with Crippen molar-refractivity contribution in [2.75, 3.05) is 32.2 Å². The highest BCUT2D eigenvalue weighted by molar-refractivity contribution is 6.17. The van der Waals surface area contributed by atoms with E-state index in [1.165, 1.54) is 25.7 Å². The highest BCUT2D eigenvalue weighted by atomic mass is 35.5. The summed E-state index contributed by atoms with van der Waals surface area (Å²) < 4.78 is 5.36. The highest BCUT2D eigenvalue weighted by Crippen LogP contribution is 2.14. The molecule has 1 heterocycles. The lowest BCUT2D eigenvalue weighted by Gasteiger charge is -2.23. The van der Waals surface area contributed by atoms with E-state index in [1.807, 2.05) is 0 Å². The maximum atomic E-state index is 5.82. The van der Waals surface area contributed by atoms with Gasteiger partial charge in [-0.2, -0.15) is 0 Å². The Bertz CT molecular complexity index is 154. The van der Waals surface area contributed by atoms with Gasteiger partial charge in [-0.25, -0.2) is 0 Å². The zero-order chi connectivity index (χ0) is 11.6. The summed E-state index contributed by atoms with van der Waals surface area (Å²) >= 11 is 5.82. The third-order valence-corrected chi connectivity index (χ3v) is 3.64. The molecule has 1 rings (SSSR count). The van der Waals surface area contributed by atoms with Crippen LogP contribution in [0.25, 0.3) is 0 Å². The summed E-state index contributed by atoms with van der Waals surface area (Å²) in [6.45, 7) is 6.45. The molecule has 0 aromatic rings. The van der Waals surface area contributed by atoms with Gasteiger partial charge in [-0.05, 0) is 50.6 Å². The Hall–Kier alpha value is 0.210. The molecular weight excluding hydrogens is 222 g/mol. The molecule has 1 unspecified atom stereocenters. The summed E-state index contributed by atoms with van der Waals surface area (Å²) in [6, 6.07) is 0. The van der Waals surface area contributed by atoms with Gasteiger partial charge in [-0.15, -0.1) is 11.6 Å². The standard InChI is InChI=1S/C13H26ClNO/c1-2-3-12(4-7-14)10-15-11-13-5-8-16-9-6-13/h12-13,15H,2-11H2,1H3. The Kier molecular flexibility index (Phi) is 8.26. The minimum atomic E-state index is 0.766. The van der Waals surface area contributed by atoms with Crippen LogP contribution in [0, 0.1) is 11.8 Å². The quantitative estimate of drug-likeness (QED) is 0.666. The Morgan fingerprint density at radius 3 is 2.69 bits per heavy atom. The van der Waals surface area contributed by atoms with E-state index in [9.17, 15) is 0 Å². The zero-order valence-electron chi connectivity index (χ0n) is 10.5. The van der Waals surface area contributed by atoms with Crippen LogP contribution in [0.1, 0.15) is 39.0 Å².